The summed E-state index contributed by atoms with van der Waals surface area (Å²) in [5.74, 6) is 1.20. The molecule has 0 aliphatic heterocycles. The molecule has 2 aromatic rings. The average Bonchev–Trinajstić information content (AvgIpc) is 2.77. The molecule has 0 saturated heterocycles. The van der Waals surface area contributed by atoms with Crippen molar-refractivity contribution in [3.05, 3.63) is 35.5 Å². The molecule has 0 bridgehead atoms. The molecule has 0 amide bonds. The molecule has 1 heterocycles. The van der Waals surface area contributed by atoms with E-state index in [1.165, 1.54) is 0 Å². The van der Waals surface area contributed by atoms with Crippen LogP contribution in [-0.2, 0) is 6.42 Å². The smallest absolute Gasteiger partial charge is 0.228 e. The van der Waals surface area contributed by atoms with Gasteiger partial charge in [0.25, 0.3) is 0 Å². The van der Waals surface area contributed by atoms with Crippen LogP contribution in [0.3, 0.4) is 0 Å². The number of hydrogen-bond acceptors (Lipinski definition) is 6. The van der Waals surface area contributed by atoms with Gasteiger partial charge in [-0.25, -0.2) is 0 Å². The van der Waals surface area contributed by atoms with E-state index in [2.05, 4.69) is 21.5 Å². The average molecular weight is 243 g/mol. The van der Waals surface area contributed by atoms with E-state index in [9.17, 15) is 0 Å². The van der Waals surface area contributed by atoms with Crippen molar-refractivity contribution < 1.29 is 4.52 Å². The Bertz CT molecular complexity index is 584. The number of nitrogens with two attached hydrogens (primary N) is 1. The van der Waals surface area contributed by atoms with Crippen molar-refractivity contribution in [2.45, 2.75) is 13.3 Å². The number of rotatable bonds is 4. The van der Waals surface area contributed by atoms with Gasteiger partial charge in [0.15, 0.2) is 5.82 Å². The van der Waals surface area contributed by atoms with Gasteiger partial charge < -0.3 is 15.6 Å². The van der Waals surface area contributed by atoms with Crippen molar-refractivity contribution in [1.29, 1.82) is 5.26 Å². The molecule has 6 nitrogen and oxygen atoms in total. The maximum absolute atomic E-state index is 8.98. The zero-order chi connectivity index (χ0) is 13.0. The second-order valence-corrected chi connectivity index (χ2v) is 3.83. The van der Waals surface area contributed by atoms with Gasteiger partial charge in [-0.05, 0) is 25.1 Å². The van der Waals surface area contributed by atoms with Gasteiger partial charge in [0, 0.05) is 18.7 Å². The van der Waals surface area contributed by atoms with Gasteiger partial charge in [0.05, 0.1) is 11.3 Å². The van der Waals surface area contributed by atoms with Crippen molar-refractivity contribution in [3.8, 4) is 6.07 Å². The summed E-state index contributed by atoms with van der Waals surface area (Å²) >= 11 is 0. The monoisotopic (exact) mass is 243 g/mol. The van der Waals surface area contributed by atoms with Crippen LogP contribution in [0.4, 0.5) is 11.4 Å². The Hall–Kier alpha value is -2.55. The van der Waals surface area contributed by atoms with Crippen LogP contribution in [0, 0.1) is 18.3 Å². The number of aromatic nitrogens is 2. The van der Waals surface area contributed by atoms with E-state index in [0.717, 1.165) is 5.69 Å². The summed E-state index contributed by atoms with van der Waals surface area (Å²) in [5.41, 5.74) is 7.46. The third-order valence-corrected chi connectivity index (χ3v) is 2.39. The van der Waals surface area contributed by atoms with Gasteiger partial charge in [-0.2, -0.15) is 10.2 Å². The van der Waals surface area contributed by atoms with Crippen molar-refractivity contribution >= 4 is 11.4 Å². The zero-order valence-corrected chi connectivity index (χ0v) is 9.97. The lowest BCUT2D eigenvalue weighted by Crippen LogP contribution is -2.06. The van der Waals surface area contributed by atoms with E-state index in [1.54, 1.807) is 25.1 Å². The van der Waals surface area contributed by atoms with Crippen molar-refractivity contribution in [1.82, 2.24) is 10.1 Å². The van der Waals surface area contributed by atoms with Gasteiger partial charge in [-0.1, -0.05) is 5.16 Å². The number of aryl methyl sites for hydroxylation is 1. The number of nitriles is 1. The third-order valence-electron chi connectivity index (χ3n) is 2.39. The first-order valence-electron chi connectivity index (χ1n) is 5.51. The Balaban J connectivity index is 1.96. The normalized spacial score (nSPS) is 10.0. The fraction of sp³-hybridized carbons (Fsp3) is 0.250. The summed E-state index contributed by atoms with van der Waals surface area (Å²) < 4.78 is 4.99. The van der Waals surface area contributed by atoms with Crippen molar-refractivity contribution in [2.24, 2.45) is 0 Å². The molecule has 1 aromatic carbocycles. The minimum atomic E-state index is 0.525. The first-order valence-corrected chi connectivity index (χ1v) is 5.51. The van der Waals surface area contributed by atoms with E-state index < -0.39 is 0 Å². The predicted octanol–water partition coefficient (Wildman–Crippen LogP) is 1.49. The minimum Gasteiger partial charge on any atom is -0.399 e. The van der Waals surface area contributed by atoms with Gasteiger partial charge in [0.2, 0.25) is 5.89 Å². The Morgan fingerprint density at radius 1 is 1.50 bits per heavy atom. The molecule has 0 atom stereocenters. The SMILES string of the molecule is Cc1noc(CCNc2ccc(N)cc2C#N)n1. The van der Waals surface area contributed by atoms with E-state index in [1.807, 2.05) is 0 Å². The molecule has 6 heteroatoms. The second kappa shape index (κ2) is 5.19. The van der Waals surface area contributed by atoms with E-state index in [0.29, 0.717) is 35.9 Å². The van der Waals surface area contributed by atoms with Crippen LogP contribution in [0.1, 0.15) is 17.3 Å². The summed E-state index contributed by atoms with van der Waals surface area (Å²) in [6.07, 6.45) is 0.607. The zero-order valence-electron chi connectivity index (χ0n) is 9.97. The van der Waals surface area contributed by atoms with E-state index >= 15 is 0 Å². The number of nitrogen functional groups attached to an aromatic ring is 1. The molecule has 0 radical (unpaired) electrons. The minimum absolute atomic E-state index is 0.525. The molecule has 3 N–H and O–H groups in total. The molecule has 0 spiro atoms. The lowest BCUT2D eigenvalue weighted by molar-refractivity contribution is 0.377. The van der Waals surface area contributed by atoms with Crippen LogP contribution in [0.25, 0.3) is 0 Å². The fourth-order valence-corrected chi connectivity index (χ4v) is 1.55. The molecule has 0 saturated carbocycles. The summed E-state index contributed by atoms with van der Waals surface area (Å²) in [7, 11) is 0. The topological polar surface area (TPSA) is 101 Å². The quantitative estimate of drug-likeness (QED) is 0.789. The molecule has 0 fully saturated rings. The highest BCUT2D eigenvalue weighted by atomic mass is 16.5. The van der Waals surface area contributed by atoms with Crippen LogP contribution in [0.2, 0.25) is 0 Å². The summed E-state index contributed by atoms with van der Waals surface area (Å²) in [5, 5.41) is 15.8. The van der Waals surface area contributed by atoms with Gasteiger partial charge in [-0.15, -0.1) is 0 Å². The highest BCUT2D eigenvalue weighted by Gasteiger charge is 2.04. The van der Waals surface area contributed by atoms with Crippen LogP contribution in [0.5, 0.6) is 0 Å². The molecule has 0 aliphatic rings. The lowest BCUT2D eigenvalue weighted by Gasteiger charge is -2.07. The van der Waals surface area contributed by atoms with Gasteiger partial charge in [-0.3, -0.25) is 0 Å². The highest BCUT2D eigenvalue weighted by Crippen LogP contribution is 2.17. The molecule has 92 valence electrons. The summed E-state index contributed by atoms with van der Waals surface area (Å²) in [4.78, 5) is 4.10. The Morgan fingerprint density at radius 3 is 3.00 bits per heavy atom. The molecule has 18 heavy (non-hydrogen) atoms. The molecule has 0 aliphatic carbocycles. The molecular formula is C12H13N5O. The number of anilines is 2. The maximum Gasteiger partial charge on any atom is 0.228 e. The van der Waals surface area contributed by atoms with Gasteiger partial charge in [0.1, 0.15) is 6.07 Å². The first-order chi connectivity index (χ1) is 8.69. The van der Waals surface area contributed by atoms with E-state index in [-0.39, 0.29) is 0 Å². The number of benzene rings is 1. The third kappa shape index (κ3) is 2.77. The van der Waals surface area contributed by atoms with Gasteiger partial charge >= 0.3 is 0 Å². The molecule has 0 unspecified atom stereocenters. The second-order valence-electron chi connectivity index (χ2n) is 3.83. The highest BCUT2D eigenvalue weighted by molar-refractivity contribution is 5.62. The number of hydrogen-bond donors (Lipinski definition) is 2. The number of nitrogens with one attached hydrogen (secondary N) is 1. The van der Waals surface area contributed by atoms with Crippen LogP contribution < -0.4 is 11.1 Å². The Morgan fingerprint density at radius 2 is 2.33 bits per heavy atom. The summed E-state index contributed by atoms with van der Waals surface area (Å²) in [6, 6.07) is 7.27. The lowest BCUT2D eigenvalue weighted by atomic mass is 10.1. The summed E-state index contributed by atoms with van der Waals surface area (Å²) in [6.45, 7) is 2.38. The molecule has 2 rings (SSSR count). The molecule has 1 aromatic heterocycles. The van der Waals surface area contributed by atoms with Crippen molar-refractivity contribution in [2.75, 3.05) is 17.6 Å². The van der Waals surface area contributed by atoms with Crippen LogP contribution in [0.15, 0.2) is 22.7 Å². The van der Waals surface area contributed by atoms with Crippen LogP contribution >= 0.6 is 0 Å². The number of nitrogens with zero attached hydrogens (tertiary/aromatic N) is 3. The Labute approximate surface area is 104 Å². The maximum atomic E-state index is 8.98. The van der Waals surface area contributed by atoms with Crippen molar-refractivity contribution in [3.63, 3.8) is 0 Å². The largest absolute Gasteiger partial charge is 0.399 e. The fourth-order valence-electron chi connectivity index (χ4n) is 1.55. The molecular weight excluding hydrogens is 230 g/mol. The standard InChI is InChI=1S/C12H13N5O/c1-8-16-12(18-17-8)4-5-15-11-3-2-10(14)6-9(11)7-13/h2-3,6,15H,4-5,14H2,1H3. The predicted molar refractivity (Wildman–Crippen MR) is 66.8 cm³/mol. The Kier molecular flexibility index (Phi) is 3.44. The van der Waals surface area contributed by atoms with Crippen LogP contribution in [-0.4, -0.2) is 16.7 Å². The first kappa shape index (κ1) is 11.9. The van der Waals surface area contributed by atoms with E-state index in [4.69, 9.17) is 15.5 Å².